The maximum absolute atomic E-state index is 12.5. The van der Waals surface area contributed by atoms with Gasteiger partial charge in [-0.05, 0) is 19.9 Å². The summed E-state index contributed by atoms with van der Waals surface area (Å²) in [5, 5.41) is 1.19. The molecule has 0 aromatic carbocycles. The summed E-state index contributed by atoms with van der Waals surface area (Å²) in [7, 11) is -2.99. The number of fused-ring (bicyclic) bond motifs is 1. The lowest BCUT2D eigenvalue weighted by Gasteiger charge is -2.41. The van der Waals surface area contributed by atoms with Crippen LogP contribution in [0.5, 0.6) is 0 Å². The lowest BCUT2D eigenvalue weighted by molar-refractivity contribution is 0.445. The van der Waals surface area contributed by atoms with E-state index in [9.17, 15) is 13.2 Å². The third kappa shape index (κ3) is 3.28. The highest BCUT2D eigenvalue weighted by atomic mass is 35.5. The van der Waals surface area contributed by atoms with Crippen molar-refractivity contribution in [2.75, 3.05) is 30.0 Å². The SMILES string of the molecule is CC(C)n1c(=O)cc(N2CC(CS(C)(=O)=O)C2)c2cnc(Cl)cc21. The molecule has 0 N–H and O–H groups in total. The summed E-state index contributed by atoms with van der Waals surface area (Å²) in [6, 6.07) is 3.31. The molecule has 0 aliphatic carbocycles. The number of hydrogen-bond donors (Lipinski definition) is 0. The maximum atomic E-state index is 12.5. The zero-order valence-corrected chi connectivity index (χ0v) is 15.4. The van der Waals surface area contributed by atoms with E-state index in [2.05, 4.69) is 4.98 Å². The van der Waals surface area contributed by atoms with Crippen molar-refractivity contribution in [1.82, 2.24) is 9.55 Å². The smallest absolute Gasteiger partial charge is 0.253 e. The molecule has 0 bridgehead atoms. The van der Waals surface area contributed by atoms with Gasteiger partial charge in [-0.1, -0.05) is 11.6 Å². The summed E-state index contributed by atoms with van der Waals surface area (Å²) in [6.07, 6.45) is 2.93. The van der Waals surface area contributed by atoms with Gasteiger partial charge in [0.1, 0.15) is 15.0 Å². The molecule has 1 saturated heterocycles. The largest absolute Gasteiger partial charge is 0.370 e. The van der Waals surface area contributed by atoms with Crippen LogP contribution < -0.4 is 10.5 Å². The maximum Gasteiger partial charge on any atom is 0.253 e. The predicted octanol–water partition coefficient (Wildman–Crippen LogP) is 2.11. The Balaban J connectivity index is 2.02. The summed E-state index contributed by atoms with van der Waals surface area (Å²) in [5.74, 6) is 0.275. The molecule has 0 saturated carbocycles. The molecular formula is C16H20ClN3O3S. The van der Waals surface area contributed by atoms with E-state index in [1.54, 1.807) is 22.9 Å². The Morgan fingerprint density at radius 3 is 2.58 bits per heavy atom. The van der Waals surface area contributed by atoms with Gasteiger partial charge in [0.2, 0.25) is 0 Å². The first-order valence-electron chi connectivity index (χ1n) is 7.79. The van der Waals surface area contributed by atoms with Crippen LogP contribution >= 0.6 is 11.6 Å². The van der Waals surface area contributed by atoms with E-state index in [-0.39, 0.29) is 23.3 Å². The monoisotopic (exact) mass is 369 g/mol. The molecule has 2 aromatic heterocycles. The van der Waals surface area contributed by atoms with Crippen LogP contribution in [0.2, 0.25) is 5.15 Å². The fourth-order valence-electron chi connectivity index (χ4n) is 3.29. The van der Waals surface area contributed by atoms with E-state index in [4.69, 9.17) is 11.6 Å². The third-order valence-corrected chi connectivity index (χ3v) is 5.52. The molecule has 6 nitrogen and oxygen atoms in total. The second-order valence-corrected chi connectivity index (χ2v) is 9.29. The molecule has 0 radical (unpaired) electrons. The number of pyridine rings is 2. The van der Waals surface area contributed by atoms with Gasteiger partial charge < -0.3 is 9.47 Å². The zero-order chi connectivity index (χ0) is 17.6. The summed E-state index contributed by atoms with van der Waals surface area (Å²) in [5.41, 5.74) is 1.45. The van der Waals surface area contributed by atoms with Gasteiger partial charge >= 0.3 is 0 Å². The number of sulfone groups is 1. The van der Waals surface area contributed by atoms with Gasteiger partial charge in [-0.25, -0.2) is 13.4 Å². The van der Waals surface area contributed by atoms with Gasteiger partial charge in [0.25, 0.3) is 5.56 Å². The minimum atomic E-state index is -2.99. The highest BCUT2D eigenvalue weighted by Gasteiger charge is 2.31. The van der Waals surface area contributed by atoms with Gasteiger partial charge in [-0.15, -0.1) is 0 Å². The molecular weight excluding hydrogens is 350 g/mol. The average molecular weight is 370 g/mol. The first-order valence-corrected chi connectivity index (χ1v) is 10.2. The first-order chi connectivity index (χ1) is 11.2. The number of rotatable bonds is 4. The normalized spacial score (nSPS) is 16.0. The van der Waals surface area contributed by atoms with E-state index in [1.165, 1.54) is 6.26 Å². The molecule has 1 aliphatic heterocycles. The second-order valence-electron chi connectivity index (χ2n) is 6.72. The van der Waals surface area contributed by atoms with E-state index in [0.717, 1.165) is 16.6 Å². The molecule has 3 heterocycles. The second kappa shape index (κ2) is 6.04. The quantitative estimate of drug-likeness (QED) is 0.772. The van der Waals surface area contributed by atoms with Gasteiger partial charge in [0, 0.05) is 49.0 Å². The average Bonchev–Trinajstić information content (AvgIpc) is 2.39. The highest BCUT2D eigenvalue weighted by Crippen LogP contribution is 2.32. The highest BCUT2D eigenvalue weighted by molar-refractivity contribution is 7.90. The van der Waals surface area contributed by atoms with Gasteiger partial charge in [0.05, 0.1) is 17.0 Å². The van der Waals surface area contributed by atoms with Crippen molar-refractivity contribution >= 4 is 38.0 Å². The van der Waals surface area contributed by atoms with E-state index < -0.39 is 9.84 Å². The van der Waals surface area contributed by atoms with Crippen LogP contribution in [0.15, 0.2) is 23.1 Å². The van der Waals surface area contributed by atoms with E-state index >= 15 is 0 Å². The molecule has 2 aromatic rings. The molecule has 8 heteroatoms. The Kier molecular flexibility index (Phi) is 4.34. The minimum Gasteiger partial charge on any atom is -0.370 e. The van der Waals surface area contributed by atoms with Gasteiger partial charge in [-0.2, -0.15) is 0 Å². The Morgan fingerprint density at radius 1 is 1.33 bits per heavy atom. The molecule has 1 fully saturated rings. The van der Waals surface area contributed by atoms with Crippen molar-refractivity contribution < 1.29 is 8.42 Å². The molecule has 0 unspecified atom stereocenters. The lowest BCUT2D eigenvalue weighted by atomic mass is 10.0. The van der Waals surface area contributed by atoms with Crippen LogP contribution in [0, 0.1) is 5.92 Å². The molecule has 0 atom stereocenters. The van der Waals surface area contributed by atoms with Gasteiger partial charge in [-0.3, -0.25) is 4.79 Å². The number of aromatic nitrogens is 2. The van der Waals surface area contributed by atoms with Gasteiger partial charge in [0.15, 0.2) is 0 Å². The van der Waals surface area contributed by atoms with Crippen molar-refractivity contribution in [3.8, 4) is 0 Å². The summed E-state index contributed by atoms with van der Waals surface area (Å²) in [4.78, 5) is 18.7. The minimum absolute atomic E-state index is 0.00175. The van der Waals surface area contributed by atoms with Crippen molar-refractivity contribution in [3.05, 3.63) is 33.8 Å². The number of anilines is 1. The predicted molar refractivity (Wildman–Crippen MR) is 96.8 cm³/mol. The van der Waals surface area contributed by atoms with Crippen molar-refractivity contribution in [2.24, 2.45) is 5.92 Å². The van der Waals surface area contributed by atoms with Crippen LogP contribution in [-0.4, -0.2) is 43.1 Å². The van der Waals surface area contributed by atoms with Crippen molar-refractivity contribution in [1.29, 1.82) is 0 Å². The fraction of sp³-hybridized carbons (Fsp3) is 0.500. The van der Waals surface area contributed by atoms with Crippen LogP contribution in [0.4, 0.5) is 5.69 Å². The van der Waals surface area contributed by atoms with E-state index in [0.29, 0.717) is 18.2 Å². The van der Waals surface area contributed by atoms with Crippen LogP contribution in [0.1, 0.15) is 19.9 Å². The fourth-order valence-corrected chi connectivity index (χ4v) is 4.51. The number of nitrogens with zero attached hydrogens (tertiary/aromatic N) is 3. The summed E-state index contributed by atoms with van der Waals surface area (Å²) >= 11 is 6.02. The molecule has 130 valence electrons. The topological polar surface area (TPSA) is 72.3 Å². The number of halogens is 1. The standard InChI is InChI=1S/C16H20ClN3O3S/c1-10(2)20-14-4-15(17)18-6-12(14)13(5-16(20)21)19-7-11(8-19)9-24(3,22)23/h4-6,10-11H,7-9H2,1-3H3. The Bertz CT molecular complexity index is 947. The van der Waals surface area contributed by atoms with Crippen LogP contribution in [0.3, 0.4) is 0 Å². The zero-order valence-electron chi connectivity index (χ0n) is 13.9. The van der Waals surface area contributed by atoms with Crippen molar-refractivity contribution in [2.45, 2.75) is 19.9 Å². The van der Waals surface area contributed by atoms with E-state index in [1.807, 2.05) is 18.7 Å². The molecule has 3 rings (SSSR count). The molecule has 0 spiro atoms. The molecule has 24 heavy (non-hydrogen) atoms. The Morgan fingerprint density at radius 2 is 2.00 bits per heavy atom. The molecule has 0 amide bonds. The number of hydrogen-bond acceptors (Lipinski definition) is 5. The van der Waals surface area contributed by atoms with Crippen LogP contribution in [-0.2, 0) is 9.84 Å². The Labute approximate surface area is 146 Å². The third-order valence-electron chi connectivity index (χ3n) is 4.23. The lowest BCUT2D eigenvalue weighted by Crippen LogP contribution is -2.50. The Hall–Kier alpha value is -1.60. The van der Waals surface area contributed by atoms with Crippen LogP contribution in [0.25, 0.3) is 10.9 Å². The first kappa shape index (κ1) is 17.2. The van der Waals surface area contributed by atoms with Crippen molar-refractivity contribution in [3.63, 3.8) is 0 Å². The summed E-state index contributed by atoms with van der Waals surface area (Å²) < 4.78 is 24.5. The molecule has 1 aliphatic rings. The summed E-state index contributed by atoms with van der Waals surface area (Å²) in [6.45, 7) is 5.13.